The fraction of sp³-hybridized carbons (Fsp3) is 0.333. The molecule has 4 atom stereocenters. The van der Waals surface area contributed by atoms with E-state index in [1.54, 1.807) is 10.9 Å². The number of aliphatic hydroxyl groups excluding tert-OH is 2. The number of imidazole rings is 1. The summed E-state index contributed by atoms with van der Waals surface area (Å²) in [4.78, 5) is 23.9. The third-order valence-electron chi connectivity index (χ3n) is 4.76. The predicted octanol–water partition coefficient (Wildman–Crippen LogP) is 1.17. The Labute approximate surface area is 196 Å². The Kier molecular flexibility index (Phi) is 6.47. The fourth-order valence-electron chi connectivity index (χ4n) is 3.28. The third kappa shape index (κ3) is 4.14. The van der Waals surface area contributed by atoms with Crippen LogP contribution < -0.4 is 10.6 Å². The molecule has 1 fully saturated rings. The van der Waals surface area contributed by atoms with E-state index in [4.69, 9.17) is 11.6 Å². The van der Waals surface area contributed by atoms with Gasteiger partial charge in [-0.15, -0.1) is 0 Å². The van der Waals surface area contributed by atoms with Crippen molar-refractivity contribution in [2.24, 2.45) is 0 Å². The first-order valence-electron chi connectivity index (χ1n) is 9.00. The number of hydrogen-bond donors (Lipinski definition) is 4. The van der Waals surface area contributed by atoms with Gasteiger partial charge in [0, 0.05) is 0 Å². The van der Waals surface area contributed by atoms with Crippen LogP contribution in [0.4, 0.5) is 5.82 Å². The van der Waals surface area contributed by atoms with Crippen molar-refractivity contribution < 1.29 is 15.0 Å². The zero-order chi connectivity index (χ0) is 21.4. The SMILES string of the molecule is CNC(=O)[C@@H]1[Se][C@@H](n2cnc3c(NCc4cccc(I)c4)nc(Cl)nc32)[C@H](O)[C@@H]1O. The minimum absolute atomic E-state index is 0.0396. The molecule has 0 spiro atoms. The van der Waals surface area contributed by atoms with Crippen LogP contribution in [0.15, 0.2) is 30.6 Å². The second-order valence-electron chi connectivity index (χ2n) is 6.69. The molecule has 4 N–H and O–H groups in total. The number of aliphatic hydroxyl groups is 2. The summed E-state index contributed by atoms with van der Waals surface area (Å²) in [6.07, 6.45) is -0.718. The number of carbonyl (C=O) groups is 1. The van der Waals surface area contributed by atoms with Gasteiger partial charge < -0.3 is 0 Å². The zero-order valence-corrected chi connectivity index (χ0v) is 20.3. The molecule has 3 heterocycles. The number of halogens is 2. The number of hydrogen-bond acceptors (Lipinski definition) is 7. The standard InChI is InChI=1S/C18H18ClIN6O3Se/c1-21-16(29)13-11(27)12(28)17(30-13)26-7-23-10-14(24-18(19)25-15(10)26)22-6-8-3-2-4-9(20)5-8/h2-5,7,11-13,17,27-28H,6H2,1H3,(H,21,29)(H,22,24,25)/t11-,12+,13+,17+/m0/s1. The van der Waals surface area contributed by atoms with Crippen molar-refractivity contribution in [3.8, 4) is 0 Å². The number of anilines is 1. The van der Waals surface area contributed by atoms with Crippen molar-refractivity contribution in [1.82, 2.24) is 24.8 Å². The van der Waals surface area contributed by atoms with Gasteiger partial charge in [0.2, 0.25) is 0 Å². The summed E-state index contributed by atoms with van der Waals surface area (Å²) in [6.45, 7) is 0.527. The van der Waals surface area contributed by atoms with E-state index in [0.717, 1.165) is 9.13 Å². The van der Waals surface area contributed by atoms with Crippen molar-refractivity contribution in [3.63, 3.8) is 0 Å². The topological polar surface area (TPSA) is 125 Å². The van der Waals surface area contributed by atoms with Gasteiger partial charge in [-0.2, -0.15) is 0 Å². The zero-order valence-electron chi connectivity index (χ0n) is 15.7. The van der Waals surface area contributed by atoms with E-state index in [9.17, 15) is 15.0 Å². The van der Waals surface area contributed by atoms with Crippen LogP contribution in [0.1, 0.15) is 10.5 Å². The van der Waals surface area contributed by atoms with Gasteiger partial charge in [-0.25, -0.2) is 0 Å². The molecule has 1 aromatic carbocycles. The van der Waals surface area contributed by atoms with Crippen LogP contribution in [-0.2, 0) is 11.3 Å². The normalized spacial score (nSPS) is 23.6. The molecule has 158 valence electrons. The number of nitrogens with one attached hydrogen (secondary N) is 2. The Balaban J connectivity index is 1.64. The van der Waals surface area contributed by atoms with Crippen LogP contribution in [0.5, 0.6) is 0 Å². The van der Waals surface area contributed by atoms with Gasteiger partial charge in [0.1, 0.15) is 0 Å². The second-order valence-corrected chi connectivity index (χ2v) is 10.9. The van der Waals surface area contributed by atoms with Crippen molar-refractivity contribution in [1.29, 1.82) is 0 Å². The average molecular weight is 608 g/mol. The van der Waals surface area contributed by atoms with Gasteiger partial charge in [0.05, 0.1) is 0 Å². The summed E-state index contributed by atoms with van der Waals surface area (Å²) in [5.41, 5.74) is 2.03. The summed E-state index contributed by atoms with van der Waals surface area (Å²) < 4.78 is 2.81. The van der Waals surface area contributed by atoms with E-state index in [1.165, 1.54) is 7.05 Å². The Bertz CT molecular complexity index is 1100. The number of rotatable bonds is 5. The van der Waals surface area contributed by atoms with Gasteiger partial charge >= 0.3 is 198 Å². The molecule has 0 saturated carbocycles. The quantitative estimate of drug-likeness (QED) is 0.195. The van der Waals surface area contributed by atoms with E-state index < -0.39 is 36.9 Å². The molecule has 4 rings (SSSR count). The van der Waals surface area contributed by atoms with Crippen molar-refractivity contribution >= 4 is 72.0 Å². The van der Waals surface area contributed by atoms with Gasteiger partial charge in [-0.1, -0.05) is 0 Å². The molecule has 0 aliphatic carbocycles. The summed E-state index contributed by atoms with van der Waals surface area (Å²) in [5, 5.41) is 26.7. The number of nitrogens with zero attached hydrogens (tertiary/aromatic N) is 4. The molecule has 2 aromatic heterocycles. The summed E-state index contributed by atoms with van der Waals surface area (Å²) >= 11 is 7.99. The molecular weight excluding hydrogens is 590 g/mol. The summed E-state index contributed by atoms with van der Waals surface area (Å²) in [6, 6.07) is 8.06. The molecule has 1 aliphatic rings. The molecule has 1 saturated heterocycles. The van der Waals surface area contributed by atoms with Crippen LogP contribution in [0.3, 0.4) is 0 Å². The number of carbonyl (C=O) groups excluding carboxylic acids is 1. The van der Waals surface area contributed by atoms with E-state index >= 15 is 0 Å². The number of fused-ring (bicyclic) bond motifs is 1. The Hall–Kier alpha value is -1.50. The molecule has 1 amide bonds. The Morgan fingerprint density at radius 3 is 2.87 bits per heavy atom. The van der Waals surface area contributed by atoms with Crippen LogP contribution in [0.25, 0.3) is 11.2 Å². The van der Waals surface area contributed by atoms with Crippen LogP contribution in [-0.4, -0.2) is 69.9 Å². The van der Waals surface area contributed by atoms with Gasteiger partial charge in [-0.3, -0.25) is 0 Å². The first-order chi connectivity index (χ1) is 14.4. The predicted molar refractivity (Wildman–Crippen MR) is 121 cm³/mol. The van der Waals surface area contributed by atoms with Crippen LogP contribution in [0, 0.1) is 3.57 Å². The van der Waals surface area contributed by atoms with E-state index in [0.29, 0.717) is 23.5 Å². The molecule has 3 aromatic rings. The Morgan fingerprint density at radius 2 is 2.13 bits per heavy atom. The number of amides is 1. The number of benzene rings is 1. The molecule has 0 radical (unpaired) electrons. The average Bonchev–Trinajstić information content (AvgIpc) is 3.27. The maximum absolute atomic E-state index is 12.1. The third-order valence-corrected chi connectivity index (χ3v) is 8.90. The first kappa shape index (κ1) is 21.7. The van der Waals surface area contributed by atoms with E-state index in [2.05, 4.69) is 54.2 Å². The monoisotopic (exact) mass is 608 g/mol. The summed E-state index contributed by atoms with van der Waals surface area (Å²) in [7, 11) is 1.51. The minimum atomic E-state index is -1.15. The van der Waals surface area contributed by atoms with Crippen LogP contribution >= 0.6 is 34.2 Å². The summed E-state index contributed by atoms with van der Waals surface area (Å²) in [5.74, 6) is 0.187. The number of aromatic nitrogens is 4. The first-order valence-corrected chi connectivity index (χ1v) is 12.4. The van der Waals surface area contributed by atoms with Gasteiger partial charge in [-0.05, 0) is 0 Å². The molecule has 0 unspecified atom stereocenters. The van der Waals surface area contributed by atoms with Crippen molar-refractivity contribution in [2.45, 2.75) is 28.5 Å². The van der Waals surface area contributed by atoms with Crippen LogP contribution in [0.2, 0.25) is 10.1 Å². The maximum atomic E-state index is 12.1. The second kappa shape index (κ2) is 8.93. The van der Waals surface area contributed by atoms with Crippen molar-refractivity contribution in [2.75, 3.05) is 12.4 Å². The van der Waals surface area contributed by atoms with Gasteiger partial charge in [0.25, 0.3) is 0 Å². The molecular formula is C18H18ClIN6O3Se. The fourth-order valence-corrected chi connectivity index (χ4v) is 7.14. The molecule has 9 nitrogen and oxygen atoms in total. The molecule has 12 heteroatoms. The Morgan fingerprint density at radius 1 is 1.33 bits per heavy atom. The molecule has 30 heavy (non-hydrogen) atoms. The molecule has 1 aliphatic heterocycles. The molecule has 0 bridgehead atoms. The van der Waals surface area contributed by atoms with Crippen molar-refractivity contribution in [3.05, 3.63) is 45.0 Å². The van der Waals surface area contributed by atoms with E-state index in [-0.39, 0.29) is 11.2 Å². The van der Waals surface area contributed by atoms with E-state index in [1.807, 2.05) is 18.2 Å². The van der Waals surface area contributed by atoms with Gasteiger partial charge in [0.15, 0.2) is 0 Å².